The van der Waals surface area contributed by atoms with Crippen molar-refractivity contribution in [2.75, 3.05) is 6.61 Å². The zero-order valence-electron chi connectivity index (χ0n) is 10.8. The van der Waals surface area contributed by atoms with E-state index >= 15 is 0 Å². The smallest absolute Gasteiger partial charge is 0.293 e. The second kappa shape index (κ2) is 6.86. The lowest BCUT2D eigenvalue weighted by molar-refractivity contribution is -0.129. The number of ether oxygens (including phenoxy) is 2. The van der Waals surface area contributed by atoms with Crippen LogP contribution in [0.2, 0.25) is 5.15 Å². The van der Waals surface area contributed by atoms with Gasteiger partial charge in [0.15, 0.2) is 0 Å². The summed E-state index contributed by atoms with van der Waals surface area (Å²) in [6, 6.07) is 9.02. The van der Waals surface area contributed by atoms with Crippen molar-refractivity contribution in [2.45, 2.75) is 12.8 Å². The van der Waals surface area contributed by atoms with Crippen molar-refractivity contribution in [1.29, 1.82) is 0 Å². The summed E-state index contributed by atoms with van der Waals surface area (Å²) in [7, 11) is 0. The minimum Gasteiger partial charge on any atom is -0.467 e. The van der Waals surface area contributed by atoms with Crippen LogP contribution in [0.4, 0.5) is 0 Å². The highest BCUT2D eigenvalue weighted by atomic mass is 35.5. The van der Waals surface area contributed by atoms with Crippen LogP contribution in [0.3, 0.4) is 0 Å². The fourth-order valence-corrected chi connectivity index (χ4v) is 1.88. The number of aromatic nitrogens is 2. The number of rotatable bonds is 6. The molecule has 1 aromatic heterocycles. The van der Waals surface area contributed by atoms with Gasteiger partial charge in [0.2, 0.25) is 5.88 Å². The molecular formula is C14H13ClN2O3. The third-order valence-corrected chi connectivity index (χ3v) is 2.89. The second-order valence-corrected chi connectivity index (χ2v) is 4.54. The molecule has 0 saturated carbocycles. The summed E-state index contributed by atoms with van der Waals surface area (Å²) in [4.78, 5) is 18.1. The van der Waals surface area contributed by atoms with Crippen LogP contribution in [-0.4, -0.2) is 23.0 Å². The molecule has 5 nitrogen and oxygen atoms in total. The van der Waals surface area contributed by atoms with E-state index in [0.717, 1.165) is 5.56 Å². The average Bonchev–Trinajstić information content (AvgIpc) is 2.45. The van der Waals surface area contributed by atoms with Crippen LogP contribution in [-0.2, 0) is 9.53 Å². The first kappa shape index (κ1) is 14.3. The molecule has 2 aromatic rings. The zero-order valence-corrected chi connectivity index (χ0v) is 11.6. The fraction of sp³-hybridized carbons (Fsp3) is 0.214. The first-order valence-corrected chi connectivity index (χ1v) is 6.38. The zero-order chi connectivity index (χ0) is 14.4. The van der Waals surface area contributed by atoms with Crippen molar-refractivity contribution in [2.24, 2.45) is 0 Å². The number of carbonyl (C=O) groups excluding carboxylic acids is 1. The van der Waals surface area contributed by atoms with E-state index in [1.165, 1.54) is 12.4 Å². The van der Waals surface area contributed by atoms with Gasteiger partial charge in [-0.15, -0.1) is 0 Å². The third-order valence-electron chi connectivity index (χ3n) is 2.69. The monoisotopic (exact) mass is 292 g/mol. The lowest BCUT2D eigenvalue weighted by Gasteiger charge is -2.15. The summed E-state index contributed by atoms with van der Waals surface area (Å²) >= 11 is 5.79. The number of carbonyl (C=O) groups is 1. The highest BCUT2D eigenvalue weighted by Crippen LogP contribution is 2.30. The van der Waals surface area contributed by atoms with Gasteiger partial charge in [-0.25, -0.2) is 9.97 Å². The maximum absolute atomic E-state index is 10.3. The number of hydrogen-bond acceptors (Lipinski definition) is 5. The summed E-state index contributed by atoms with van der Waals surface area (Å²) in [5, 5.41) is 0.310. The SMILES string of the molecule is CC(COC=O)c1ccccc1Oc1cc(Cl)ncn1. The van der Waals surface area contributed by atoms with Gasteiger partial charge in [-0.1, -0.05) is 36.7 Å². The molecule has 2 rings (SSSR count). The van der Waals surface area contributed by atoms with Crippen molar-refractivity contribution in [1.82, 2.24) is 9.97 Å². The molecule has 0 saturated heterocycles. The molecule has 1 unspecified atom stereocenters. The summed E-state index contributed by atoms with van der Waals surface area (Å²) in [5.74, 6) is 1.01. The van der Waals surface area contributed by atoms with Gasteiger partial charge in [-0.3, -0.25) is 4.79 Å². The van der Waals surface area contributed by atoms with E-state index < -0.39 is 0 Å². The standard InChI is InChI=1S/C14H13ClN2O3/c1-10(7-19-9-18)11-4-2-3-5-12(11)20-14-6-13(15)16-8-17-14/h2-6,8-10H,7H2,1H3. The maximum Gasteiger partial charge on any atom is 0.293 e. The van der Waals surface area contributed by atoms with Gasteiger partial charge in [0.25, 0.3) is 6.47 Å². The fourth-order valence-electron chi connectivity index (χ4n) is 1.74. The minimum atomic E-state index is 0.00806. The van der Waals surface area contributed by atoms with Crippen LogP contribution in [0.5, 0.6) is 11.6 Å². The Labute approximate surface area is 121 Å². The first-order chi connectivity index (χ1) is 9.70. The Kier molecular flexibility index (Phi) is 4.90. The molecule has 0 bridgehead atoms. The molecule has 20 heavy (non-hydrogen) atoms. The highest BCUT2D eigenvalue weighted by molar-refractivity contribution is 6.29. The van der Waals surface area contributed by atoms with E-state index in [1.807, 2.05) is 31.2 Å². The lowest BCUT2D eigenvalue weighted by Crippen LogP contribution is -2.05. The van der Waals surface area contributed by atoms with Crippen molar-refractivity contribution in [3.8, 4) is 11.6 Å². The van der Waals surface area contributed by atoms with E-state index in [0.29, 0.717) is 23.3 Å². The van der Waals surface area contributed by atoms with E-state index in [-0.39, 0.29) is 12.5 Å². The van der Waals surface area contributed by atoms with Gasteiger partial charge in [-0.05, 0) is 6.07 Å². The lowest BCUT2D eigenvalue weighted by atomic mass is 10.0. The van der Waals surface area contributed by atoms with Crippen LogP contribution in [0.25, 0.3) is 0 Å². The number of nitrogens with zero attached hydrogens (tertiary/aromatic N) is 2. The van der Waals surface area contributed by atoms with Crippen LogP contribution in [0, 0.1) is 0 Å². The van der Waals surface area contributed by atoms with E-state index in [9.17, 15) is 4.79 Å². The van der Waals surface area contributed by atoms with Crippen LogP contribution in [0.1, 0.15) is 18.4 Å². The van der Waals surface area contributed by atoms with Gasteiger partial charge >= 0.3 is 0 Å². The summed E-state index contributed by atoms with van der Waals surface area (Å²) in [6.07, 6.45) is 1.33. The predicted octanol–water partition coefficient (Wildman–Crippen LogP) is 3.20. The molecule has 1 atom stereocenters. The summed E-state index contributed by atoms with van der Waals surface area (Å²) < 4.78 is 10.5. The predicted molar refractivity (Wildman–Crippen MR) is 74.0 cm³/mol. The Morgan fingerprint density at radius 3 is 2.90 bits per heavy atom. The number of benzene rings is 1. The van der Waals surface area contributed by atoms with Crippen LogP contribution < -0.4 is 4.74 Å². The molecule has 6 heteroatoms. The molecule has 0 radical (unpaired) electrons. The molecule has 104 valence electrons. The van der Waals surface area contributed by atoms with Gasteiger partial charge in [0, 0.05) is 17.5 Å². The Morgan fingerprint density at radius 1 is 1.35 bits per heavy atom. The van der Waals surface area contributed by atoms with Crippen LogP contribution >= 0.6 is 11.6 Å². The molecule has 0 spiro atoms. The Balaban J connectivity index is 2.21. The van der Waals surface area contributed by atoms with E-state index in [2.05, 4.69) is 9.97 Å². The normalized spacial score (nSPS) is 11.7. The average molecular weight is 293 g/mol. The van der Waals surface area contributed by atoms with Crippen LogP contribution in [0.15, 0.2) is 36.7 Å². The molecule has 0 amide bonds. The summed E-state index contributed by atoms with van der Waals surface area (Å²) in [6.45, 7) is 2.66. The number of halogens is 1. The van der Waals surface area contributed by atoms with Crippen molar-refractivity contribution < 1.29 is 14.3 Å². The molecular weight excluding hydrogens is 280 g/mol. The molecule has 0 aliphatic heterocycles. The van der Waals surface area contributed by atoms with Crippen molar-refractivity contribution in [3.63, 3.8) is 0 Å². The van der Waals surface area contributed by atoms with Gasteiger partial charge in [0.05, 0.1) is 6.61 Å². The van der Waals surface area contributed by atoms with Gasteiger partial charge in [-0.2, -0.15) is 0 Å². The number of hydrogen-bond donors (Lipinski definition) is 0. The largest absolute Gasteiger partial charge is 0.467 e. The second-order valence-electron chi connectivity index (χ2n) is 4.15. The molecule has 1 heterocycles. The third kappa shape index (κ3) is 3.68. The summed E-state index contributed by atoms with van der Waals surface area (Å²) in [5.41, 5.74) is 0.920. The molecule has 0 aliphatic carbocycles. The van der Waals surface area contributed by atoms with E-state index in [1.54, 1.807) is 0 Å². The highest BCUT2D eigenvalue weighted by Gasteiger charge is 2.13. The van der Waals surface area contributed by atoms with Gasteiger partial charge in [0.1, 0.15) is 17.2 Å². The van der Waals surface area contributed by atoms with Crippen molar-refractivity contribution in [3.05, 3.63) is 47.4 Å². The maximum atomic E-state index is 10.3. The minimum absolute atomic E-state index is 0.00806. The van der Waals surface area contributed by atoms with Crippen molar-refractivity contribution >= 4 is 18.1 Å². The molecule has 1 aromatic carbocycles. The topological polar surface area (TPSA) is 61.3 Å². The quantitative estimate of drug-likeness (QED) is 0.604. The first-order valence-electron chi connectivity index (χ1n) is 6.00. The molecule has 0 aliphatic rings. The van der Waals surface area contributed by atoms with E-state index in [4.69, 9.17) is 21.1 Å². The Bertz CT molecular complexity index is 592. The van der Waals surface area contributed by atoms with Gasteiger partial charge < -0.3 is 9.47 Å². The molecule has 0 N–H and O–H groups in total. The Hall–Kier alpha value is -2.14. The Morgan fingerprint density at radius 2 is 2.15 bits per heavy atom. The number of para-hydroxylation sites is 1. The molecule has 0 fully saturated rings.